The highest BCUT2D eigenvalue weighted by atomic mass is 16.2. The van der Waals surface area contributed by atoms with E-state index < -0.39 is 0 Å². The number of hydrogen-bond acceptors (Lipinski definition) is 12. The van der Waals surface area contributed by atoms with E-state index >= 15 is 0 Å². The van der Waals surface area contributed by atoms with E-state index in [-0.39, 0.29) is 11.8 Å². The van der Waals surface area contributed by atoms with Crippen molar-refractivity contribution in [1.29, 1.82) is 0 Å². The monoisotopic (exact) mass is 809 g/mol. The van der Waals surface area contributed by atoms with Crippen molar-refractivity contribution in [3.8, 4) is 0 Å². The molecule has 0 aliphatic rings. The maximum Gasteiger partial charge on any atom is 0.421 e. The van der Waals surface area contributed by atoms with Crippen LogP contribution < -0.4 is 32.8 Å². The summed E-state index contributed by atoms with van der Waals surface area (Å²) < 4.78 is 3.88. The van der Waals surface area contributed by atoms with E-state index in [0.29, 0.717) is 90.5 Å². The number of nitrogens with zero attached hydrogens (tertiary/aromatic N) is 9. The predicted octanol–water partition coefficient (Wildman–Crippen LogP) is 6.72. The van der Waals surface area contributed by atoms with Gasteiger partial charge in [-0.25, -0.2) is 9.13 Å². The highest BCUT2D eigenvalue weighted by Gasteiger charge is 2.18. The molecule has 0 bridgehead atoms. The van der Waals surface area contributed by atoms with Crippen molar-refractivity contribution in [2.45, 2.75) is 19.4 Å². The van der Waals surface area contributed by atoms with Crippen molar-refractivity contribution < 1.29 is 14.2 Å². The molecule has 2 amide bonds. The third kappa shape index (κ3) is 9.96. The maximum absolute atomic E-state index is 13.3. The van der Waals surface area contributed by atoms with Gasteiger partial charge in [-0.1, -0.05) is 53.6 Å². The number of nitrogen functional groups attached to an aromatic ring is 4. The molecular formula is C44H53N14O2+. The molecule has 0 aliphatic heterocycles. The average Bonchev–Trinajstić information content (AvgIpc) is 3.61. The van der Waals surface area contributed by atoms with E-state index in [0.717, 1.165) is 28.0 Å². The summed E-state index contributed by atoms with van der Waals surface area (Å²) in [6, 6.07) is 25.7. The second kappa shape index (κ2) is 19.3. The Labute approximate surface area is 349 Å². The van der Waals surface area contributed by atoms with Crippen LogP contribution in [0.1, 0.15) is 33.6 Å². The molecule has 60 heavy (non-hydrogen) atoms. The van der Waals surface area contributed by atoms with Crippen molar-refractivity contribution in [3.63, 3.8) is 0 Å². The van der Waals surface area contributed by atoms with Gasteiger partial charge in [0, 0.05) is 91.0 Å². The molecule has 16 nitrogen and oxygen atoms in total. The summed E-state index contributed by atoms with van der Waals surface area (Å²) in [5.74, 6) is 0.415. The topological polar surface area (TPSA) is 218 Å². The lowest BCUT2D eigenvalue weighted by Gasteiger charge is -2.19. The van der Waals surface area contributed by atoms with Crippen LogP contribution in [0.4, 0.5) is 40.1 Å². The fourth-order valence-electron chi connectivity index (χ4n) is 6.70. The number of rotatable bonds is 17. The predicted molar refractivity (Wildman–Crippen MR) is 239 cm³/mol. The van der Waals surface area contributed by atoms with Gasteiger partial charge in [0.05, 0.1) is 54.4 Å². The summed E-state index contributed by atoms with van der Waals surface area (Å²) in [5.41, 5.74) is 28.9. The Bertz CT molecular complexity index is 2560. The first kappa shape index (κ1) is 42.1. The molecule has 0 spiro atoms. The van der Waals surface area contributed by atoms with Gasteiger partial charge in [0.2, 0.25) is 0 Å². The number of nitrogens with one attached hydrogen (secondary N) is 1. The number of azo groups is 2. The van der Waals surface area contributed by atoms with Crippen molar-refractivity contribution in [2.24, 2.45) is 27.5 Å². The Morgan fingerprint density at radius 3 is 1.80 bits per heavy atom. The highest BCUT2D eigenvalue weighted by Crippen LogP contribution is 2.36. The van der Waals surface area contributed by atoms with Gasteiger partial charge >= 0.3 is 5.95 Å². The Hall–Kier alpha value is -7.49. The molecule has 0 saturated heterocycles. The fourth-order valence-corrected chi connectivity index (χ4v) is 6.70. The molecule has 0 fully saturated rings. The number of imidazole rings is 1. The smallest absolute Gasteiger partial charge is 0.397 e. The summed E-state index contributed by atoms with van der Waals surface area (Å²) in [5, 5.41) is 24.5. The number of benzene rings is 5. The Balaban J connectivity index is 0.912. The van der Waals surface area contributed by atoms with E-state index in [2.05, 4.69) is 25.8 Å². The van der Waals surface area contributed by atoms with Crippen LogP contribution in [0.15, 0.2) is 130 Å². The van der Waals surface area contributed by atoms with Crippen LogP contribution in [0.5, 0.6) is 0 Å². The SMILES string of the molecule is CN(C=CNCCCN(C)C(=O)c1ccc(C(=O)N(C)CCCn2cc[n+](C)c2N=Nc2cc(N)c(N)c3ccccc23)cc1)CN=Nc1cc(N)c(N)c2ccccc12. The van der Waals surface area contributed by atoms with Gasteiger partial charge in [0.1, 0.15) is 12.4 Å². The summed E-state index contributed by atoms with van der Waals surface area (Å²) in [7, 11) is 7.35. The number of carbonyl (C=O) groups excluding carboxylic acids is 2. The van der Waals surface area contributed by atoms with Crippen LogP contribution in [-0.4, -0.2) is 78.5 Å². The van der Waals surface area contributed by atoms with Crippen molar-refractivity contribution in [2.75, 3.05) is 70.4 Å². The first-order valence-corrected chi connectivity index (χ1v) is 19.6. The minimum absolute atomic E-state index is 0.112. The zero-order valence-electron chi connectivity index (χ0n) is 34.5. The van der Waals surface area contributed by atoms with Crippen LogP contribution in [0.2, 0.25) is 0 Å². The number of aromatic nitrogens is 2. The molecule has 0 aliphatic carbocycles. The molecule has 0 unspecified atom stereocenters. The molecule has 0 radical (unpaired) electrons. The fraction of sp³-hybridized carbons (Fsp3) is 0.250. The largest absolute Gasteiger partial charge is 0.421 e. The van der Waals surface area contributed by atoms with E-state index in [4.69, 9.17) is 22.9 Å². The van der Waals surface area contributed by atoms with Gasteiger partial charge in [0.25, 0.3) is 11.8 Å². The Morgan fingerprint density at radius 2 is 1.23 bits per heavy atom. The van der Waals surface area contributed by atoms with Gasteiger partial charge in [0.15, 0.2) is 0 Å². The lowest BCUT2D eigenvalue weighted by atomic mass is 10.1. The number of carbonyl (C=O) groups is 2. The molecular weight excluding hydrogens is 757 g/mol. The summed E-state index contributed by atoms with van der Waals surface area (Å²) in [6.45, 7) is 2.71. The first-order valence-electron chi connectivity index (χ1n) is 19.6. The Morgan fingerprint density at radius 1 is 0.717 bits per heavy atom. The number of amides is 2. The van der Waals surface area contributed by atoms with E-state index in [1.807, 2.05) is 101 Å². The second-order valence-corrected chi connectivity index (χ2v) is 14.6. The first-order chi connectivity index (χ1) is 28.9. The quantitative estimate of drug-likeness (QED) is 0.0288. The van der Waals surface area contributed by atoms with Gasteiger partial charge in [-0.2, -0.15) is 10.2 Å². The summed E-state index contributed by atoms with van der Waals surface area (Å²) in [4.78, 5) is 31.6. The van der Waals surface area contributed by atoms with Crippen molar-refractivity contribution >= 4 is 73.4 Å². The molecule has 1 heterocycles. The maximum atomic E-state index is 13.3. The Kier molecular flexibility index (Phi) is 13.6. The molecule has 6 aromatic rings. The second-order valence-electron chi connectivity index (χ2n) is 14.6. The minimum atomic E-state index is -0.124. The standard InChI is InChI=1S/C44H52N14O2/c1-54(29-50-51-38-27-36(45)40(47)34-13-7-5-11-32(34)38)24-20-49-19-9-21-55(2)42(59)30-15-17-31(18-16-30)43(60)56(3)22-10-23-58-26-25-57(4)44(58)53-52-39-28-37(46)41(48)35-14-8-6-12-33(35)39/h5-8,11-18,20,24-28,49H,9-10,19,21-23,29H2,1-4H3,(H7,45,46,47,48,50,51,52,59,60)/p+1. The molecule has 16 heteroatoms. The van der Waals surface area contributed by atoms with Crippen LogP contribution >= 0.6 is 0 Å². The van der Waals surface area contributed by atoms with Gasteiger partial charge in [-0.3, -0.25) is 9.59 Å². The third-order valence-electron chi connectivity index (χ3n) is 10.2. The number of anilines is 4. The molecule has 0 saturated carbocycles. The lowest BCUT2D eigenvalue weighted by Crippen LogP contribution is -2.30. The van der Waals surface area contributed by atoms with Crippen molar-refractivity contribution in [3.05, 3.63) is 121 Å². The lowest BCUT2D eigenvalue weighted by molar-refractivity contribution is -0.657. The van der Waals surface area contributed by atoms with Gasteiger partial charge in [-0.05, 0) is 49.2 Å². The van der Waals surface area contributed by atoms with Crippen LogP contribution in [-0.2, 0) is 13.6 Å². The molecule has 310 valence electrons. The number of aryl methyl sites for hydroxylation is 2. The van der Waals surface area contributed by atoms with E-state index in [1.54, 1.807) is 60.3 Å². The summed E-state index contributed by atoms with van der Waals surface area (Å²) in [6.07, 6.45) is 8.99. The normalized spacial score (nSPS) is 11.7. The van der Waals surface area contributed by atoms with Crippen molar-refractivity contribution in [1.82, 2.24) is 24.6 Å². The molecule has 6 rings (SSSR count). The van der Waals surface area contributed by atoms with Crippen LogP contribution in [0, 0.1) is 0 Å². The third-order valence-corrected chi connectivity index (χ3v) is 10.2. The van der Waals surface area contributed by atoms with E-state index in [9.17, 15) is 9.59 Å². The van der Waals surface area contributed by atoms with E-state index in [1.165, 1.54) is 0 Å². The van der Waals surface area contributed by atoms with Gasteiger partial charge < -0.3 is 43.0 Å². The zero-order valence-corrected chi connectivity index (χ0v) is 34.5. The summed E-state index contributed by atoms with van der Waals surface area (Å²) >= 11 is 0. The van der Waals surface area contributed by atoms with Gasteiger partial charge in [-0.15, -0.1) is 0 Å². The molecule has 1 aromatic heterocycles. The zero-order chi connectivity index (χ0) is 42.8. The van der Waals surface area contributed by atoms with Crippen LogP contribution in [0.25, 0.3) is 21.5 Å². The highest BCUT2D eigenvalue weighted by molar-refractivity contribution is 6.05. The molecule has 5 aromatic carbocycles. The number of hydrogen-bond donors (Lipinski definition) is 5. The molecule has 0 atom stereocenters. The minimum Gasteiger partial charge on any atom is -0.397 e. The number of nitrogens with two attached hydrogens (primary N) is 4. The average molecular weight is 810 g/mol. The van der Waals surface area contributed by atoms with Crippen LogP contribution in [0.3, 0.4) is 0 Å². The number of fused-ring (bicyclic) bond motifs is 2. The molecule has 9 N–H and O–H groups in total.